The molecule has 0 saturated carbocycles. The van der Waals surface area contributed by atoms with E-state index in [0.29, 0.717) is 18.0 Å². The summed E-state index contributed by atoms with van der Waals surface area (Å²) in [5.41, 5.74) is 6.91. The van der Waals surface area contributed by atoms with Gasteiger partial charge >= 0.3 is 5.97 Å². The first kappa shape index (κ1) is 13.9. The van der Waals surface area contributed by atoms with Crippen LogP contribution in [0, 0.1) is 0 Å². The molecule has 1 aliphatic rings. The number of anilines is 1. The first-order valence-corrected chi connectivity index (χ1v) is 7.06. The number of carbonyl (C=O) groups excluding carboxylic acids is 1. The Labute approximate surface area is 114 Å². The summed E-state index contributed by atoms with van der Waals surface area (Å²) in [4.78, 5) is 14.3. The fraction of sp³-hybridized carbons (Fsp3) is 0.643. The number of carbonyl (C=O) groups is 1. The van der Waals surface area contributed by atoms with Crippen molar-refractivity contribution in [1.82, 2.24) is 9.47 Å². The standard InChI is InChI=1S/C14H23N3O2/c1-2-5-17-11-12(15)10-13(17)14(18)19-9-8-16-6-3-4-7-16/h10-11H,2-9,15H2,1H3. The molecule has 0 bridgehead atoms. The zero-order valence-corrected chi connectivity index (χ0v) is 11.6. The Kier molecular flexibility index (Phi) is 4.85. The van der Waals surface area contributed by atoms with E-state index in [1.807, 2.05) is 4.57 Å². The van der Waals surface area contributed by atoms with E-state index in [4.69, 9.17) is 10.5 Å². The van der Waals surface area contributed by atoms with E-state index >= 15 is 0 Å². The number of nitrogen functional groups attached to an aromatic ring is 1. The van der Waals surface area contributed by atoms with Crippen molar-refractivity contribution >= 4 is 11.7 Å². The average molecular weight is 265 g/mol. The van der Waals surface area contributed by atoms with Crippen LogP contribution in [0.3, 0.4) is 0 Å². The van der Waals surface area contributed by atoms with E-state index in [1.54, 1.807) is 12.3 Å². The van der Waals surface area contributed by atoms with Gasteiger partial charge in [-0.1, -0.05) is 6.92 Å². The molecule has 106 valence electrons. The largest absolute Gasteiger partial charge is 0.460 e. The van der Waals surface area contributed by atoms with Crippen molar-refractivity contribution in [1.29, 1.82) is 0 Å². The van der Waals surface area contributed by atoms with E-state index in [9.17, 15) is 4.79 Å². The molecule has 5 heteroatoms. The second kappa shape index (κ2) is 6.61. The monoisotopic (exact) mass is 265 g/mol. The summed E-state index contributed by atoms with van der Waals surface area (Å²) in [5.74, 6) is -0.274. The number of hydrogen-bond acceptors (Lipinski definition) is 4. The fourth-order valence-electron chi connectivity index (χ4n) is 2.48. The quantitative estimate of drug-likeness (QED) is 0.796. The van der Waals surface area contributed by atoms with Gasteiger partial charge in [-0.15, -0.1) is 0 Å². The molecule has 1 aromatic rings. The van der Waals surface area contributed by atoms with Crippen molar-refractivity contribution in [2.75, 3.05) is 32.0 Å². The summed E-state index contributed by atoms with van der Waals surface area (Å²) in [7, 11) is 0. The summed E-state index contributed by atoms with van der Waals surface area (Å²) < 4.78 is 7.20. The van der Waals surface area contributed by atoms with Crippen LogP contribution < -0.4 is 5.73 Å². The summed E-state index contributed by atoms with van der Waals surface area (Å²) in [5, 5.41) is 0. The van der Waals surface area contributed by atoms with Gasteiger partial charge in [-0.3, -0.25) is 4.90 Å². The molecule has 0 amide bonds. The molecule has 0 atom stereocenters. The molecule has 2 heterocycles. The minimum absolute atomic E-state index is 0.274. The minimum Gasteiger partial charge on any atom is -0.460 e. The van der Waals surface area contributed by atoms with E-state index in [1.165, 1.54) is 12.8 Å². The van der Waals surface area contributed by atoms with Crippen molar-refractivity contribution in [2.45, 2.75) is 32.7 Å². The molecular formula is C14H23N3O2. The number of aryl methyl sites for hydroxylation is 1. The molecule has 2 rings (SSSR count). The topological polar surface area (TPSA) is 60.5 Å². The van der Waals surface area contributed by atoms with Crippen LogP contribution >= 0.6 is 0 Å². The molecule has 1 aliphatic heterocycles. The smallest absolute Gasteiger partial charge is 0.355 e. The molecule has 0 unspecified atom stereocenters. The van der Waals surface area contributed by atoms with Crippen LogP contribution in [0.4, 0.5) is 5.69 Å². The fourth-order valence-corrected chi connectivity index (χ4v) is 2.48. The van der Waals surface area contributed by atoms with Gasteiger partial charge in [0.1, 0.15) is 12.3 Å². The Bertz CT molecular complexity index is 422. The molecule has 1 fully saturated rings. The second-order valence-electron chi connectivity index (χ2n) is 5.04. The van der Waals surface area contributed by atoms with Gasteiger partial charge in [0.25, 0.3) is 0 Å². The second-order valence-corrected chi connectivity index (χ2v) is 5.04. The van der Waals surface area contributed by atoms with Crippen LogP contribution in [0.15, 0.2) is 12.3 Å². The van der Waals surface area contributed by atoms with Crippen molar-refractivity contribution in [2.24, 2.45) is 0 Å². The maximum Gasteiger partial charge on any atom is 0.355 e. The summed E-state index contributed by atoms with van der Waals surface area (Å²) >= 11 is 0. The summed E-state index contributed by atoms with van der Waals surface area (Å²) in [6.45, 7) is 6.38. The Morgan fingerprint density at radius 2 is 2.11 bits per heavy atom. The van der Waals surface area contributed by atoms with Crippen molar-refractivity contribution in [3.05, 3.63) is 18.0 Å². The molecule has 0 aromatic carbocycles. The molecule has 0 spiro atoms. The van der Waals surface area contributed by atoms with E-state index in [-0.39, 0.29) is 5.97 Å². The van der Waals surface area contributed by atoms with Gasteiger partial charge in [0.05, 0.1) is 5.69 Å². The highest BCUT2D eigenvalue weighted by Crippen LogP contribution is 2.13. The third-order valence-corrected chi connectivity index (χ3v) is 3.43. The Morgan fingerprint density at radius 3 is 2.79 bits per heavy atom. The molecule has 2 N–H and O–H groups in total. The van der Waals surface area contributed by atoms with Crippen molar-refractivity contribution in [3.8, 4) is 0 Å². The van der Waals surface area contributed by atoms with Crippen LogP contribution in [0.25, 0.3) is 0 Å². The predicted molar refractivity (Wildman–Crippen MR) is 75.1 cm³/mol. The third-order valence-electron chi connectivity index (χ3n) is 3.43. The highest BCUT2D eigenvalue weighted by molar-refractivity contribution is 5.89. The predicted octanol–water partition coefficient (Wildman–Crippen LogP) is 1.73. The SMILES string of the molecule is CCCn1cc(N)cc1C(=O)OCCN1CCCC1. The zero-order valence-electron chi connectivity index (χ0n) is 11.6. The molecule has 1 aromatic heterocycles. The van der Waals surface area contributed by atoms with Crippen LogP contribution in [0.5, 0.6) is 0 Å². The Balaban J connectivity index is 1.84. The van der Waals surface area contributed by atoms with Crippen molar-refractivity contribution in [3.63, 3.8) is 0 Å². The number of esters is 1. The lowest BCUT2D eigenvalue weighted by molar-refractivity contribution is 0.0460. The average Bonchev–Trinajstić information content (AvgIpc) is 2.99. The molecule has 1 saturated heterocycles. The number of aromatic nitrogens is 1. The van der Waals surface area contributed by atoms with Gasteiger partial charge in [-0.25, -0.2) is 4.79 Å². The minimum atomic E-state index is -0.274. The molecule has 19 heavy (non-hydrogen) atoms. The Morgan fingerprint density at radius 1 is 1.37 bits per heavy atom. The van der Waals surface area contributed by atoms with Crippen LogP contribution in [0.1, 0.15) is 36.7 Å². The highest BCUT2D eigenvalue weighted by Gasteiger charge is 2.15. The van der Waals surface area contributed by atoms with Crippen LogP contribution in [-0.2, 0) is 11.3 Å². The summed E-state index contributed by atoms with van der Waals surface area (Å²) in [6.07, 6.45) is 5.26. The lowest BCUT2D eigenvalue weighted by atomic mass is 10.4. The number of likely N-dealkylation sites (tertiary alicyclic amines) is 1. The van der Waals surface area contributed by atoms with Crippen LogP contribution in [0.2, 0.25) is 0 Å². The van der Waals surface area contributed by atoms with Gasteiger partial charge in [-0.05, 0) is 38.4 Å². The van der Waals surface area contributed by atoms with Gasteiger partial charge < -0.3 is 15.0 Å². The lowest BCUT2D eigenvalue weighted by Gasteiger charge is -2.14. The summed E-state index contributed by atoms with van der Waals surface area (Å²) in [6, 6.07) is 1.69. The zero-order chi connectivity index (χ0) is 13.7. The van der Waals surface area contributed by atoms with E-state index < -0.39 is 0 Å². The molecule has 0 aliphatic carbocycles. The maximum absolute atomic E-state index is 12.0. The normalized spacial score (nSPS) is 15.8. The van der Waals surface area contributed by atoms with Crippen molar-refractivity contribution < 1.29 is 9.53 Å². The van der Waals surface area contributed by atoms with Gasteiger partial charge in [0.15, 0.2) is 0 Å². The first-order valence-electron chi connectivity index (χ1n) is 7.06. The maximum atomic E-state index is 12.0. The highest BCUT2D eigenvalue weighted by atomic mass is 16.5. The molecule has 0 radical (unpaired) electrons. The van der Waals surface area contributed by atoms with Gasteiger partial charge in [0, 0.05) is 19.3 Å². The molecule has 5 nitrogen and oxygen atoms in total. The molecular weight excluding hydrogens is 242 g/mol. The van der Waals surface area contributed by atoms with E-state index in [2.05, 4.69) is 11.8 Å². The number of nitrogens with two attached hydrogens (primary N) is 1. The van der Waals surface area contributed by atoms with E-state index in [0.717, 1.165) is 32.6 Å². The number of rotatable bonds is 6. The Hall–Kier alpha value is -1.49. The first-order chi connectivity index (χ1) is 9.20. The lowest BCUT2D eigenvalue weighted by Crippen LogP contribution is -2.25. The van der Waals surface area contributed by atoms with Gasteiger partial charge in [0.2, 0.25) is 0 Å². The third kappa shape index (κ3) is 3.73. The van der Waals surface area contributed by atoms with Crippen LogP contribution in [-0.4, -0.2) is 41.7 Å². The van der Waals surface area contributed by atoms with Gasteiger partial charge in [-0.2, -0.15) is 0 Å². The number of ether oxygens (including phenoxy) is 1. The number of nitrogens with zero attached hydrogens (tertiary/aromatic N) is 2. The number of hydrogen-bond donors (Lipinski definition) is 1.